The second kappa shape index (κ2) is 7.96. The summed E-state index contributed by atoms with van der Waals surface area (Å²) in [7, 11) is 1.69. The fourth-order valence-corrected chi connectivity index (χ4v) is 2.92. The van der Waals surface area contributed by atoms with Crippen LogP contribution in [-0.2, 0) is 4.79 Å². The number of amides is 1. The third kappa shape index (κ3) is 4.97. The number of aromatic carboxylic acids is 1. The molecule has 2 aromatic carbocycles. The van der Waals surface area contributed by atoms with Gasteiger partial charge in [0, 0.05) is 29.1 Å². The van der Waals surface area contributed by atoms with E-state index in [9.17, 15) is 18.4 Å². The van der Waals surface area contributed by atoms with Gasteiger partial charge in [-0.25, -0.2) is 13.6 Å². The Labute approximate surface area is 160 Å². The van der Waals surface area contributed by atoms with Crippen LogP contribution in [0.25, 0.3) is 0 Å². The van der Waals surface area contributed by atoms with E-state index in [1.165, 1.54) is 0 Å². The van der Waals surface area contributed by atoms with Gasteiger partial charge >= 0.3 is 5.97 Å². The summed E-state index contributed by atoms with van der Waals surface area (Å²) in [6, 6.07) is 8.40. The molecule has 2 aromatic rings. The van der Waals surface area contributed by atoms with E-state index in [-0.39, 0.29) is 11.6 Å². The van der Waals surface area contributed by atoms with E-state index in [2.05, 4.69) is 4.72 Å². The van der Waals surface area contributed by atoms with Gasteiger partial charge in [-0.1, -0.05) is 20.8 Å². The molecule has 2 N–H and O–H groups in total. The van der Waals surface area contributed by atoms with Crippen molar-refractivity contribution >= 4 is 35.2 Å². The molecule has 0 radical (unpaired) electrons. The lowest BCUT2D eigenvalue weighted by atomic mass is 9.95. The van der Waals surface area contributed by atoms with Gasteiger partial charge in [-0.3, -0.25) is 4.79 Å². The van der Waals surface area contributed by atoms with Crippen LogP contribution in [0.4, 0.5) is 20.2 Å². The highest BCUT2D eigenvalue weighted by Crippen LogP contribution is 2.28. The van der Waals surface area contributed by atoms with Crippen LogP contribution in [0.5, 0.6) is 0 Å². The molecule has 2 rings (SSSR count). The number of anilines is 2. The summed E-state index contributed by atoms with van der Waals surface area (Å²) >= 11 is 1.04. The molecular weight excluding hydrogens is 374 g/mol. The van der Waals surface area contributed by atoms with E-state index in [0.29, 0.717) is 16.6 Å². The van der Waals surface area contributed by atoms with E-state index >= 15 is 0 Å². The maximum atomic E-state index is 13.9. The summed E-state index contributed by atoms with van der Waals surface area (Å²) in [6.45, 7) is 5.51. The molecule has 0 spiro atoms. The zero-order chi connectivity index (χ0) is 20.4. The second-order valence-corrected chi connectivity index (χ2v) is 7.81. The molecular formula is C19H20F2N2O3S. The van der Waals surface area contributed by atoms with E-state index in [4.69, 9.17) is 5.11 Å². The SMILES string of the molecule is CN(C(=O)C(C)(C)C)c1ccc(SNc2cc(F)c(C(=O)O)cc2F)cc1. The predicted molar refractivity (Wildman–Crippen MR) is 102 cm³/mol. The highest BCUT2D eigenvalue weighted by Gasteiger charge is 2.25. The van der Waals surface area contributed by atoms with Crippen molar-refractivity contribution < 1.29 is 23.5 Å². The van der Waals surface area contributed by atoms with E-state index in [0.717, 1.165) is 18.0 Å². The highest BCUT2D eigenvalue weighted by atomic mass is 32.2. The molecule has 0 aliphatic rings. The molecule has 0 unspecified atom stereocenters. The van der Waals surface area contributed by atoms with Gasteiger partial charge in [0.25, 0.3) is 0 Å². The molecule has 0 fully saturated rings. The molecule has 0 atom stereocenters. The molecule has 5 nitrogen and oxygen atoms in total. The number of carboxylic acid groups (broad SMARTS) is 1. The van der Waals surface area contributed by atoms with Crippen LogP contribution >= 0.6 is 11.9 Å². The lowest BCUT2D eigenvalue weighted by Gasteiger charge is -2.26. The van der Waals surface area contributed by atoms with Crippen molar-refractivity contribution in [3.05, 3.63) is 53.6 Å². The smallest absolute Gasteiger partial charge is 0.338 e. The number of nitrogens with one attached hydrogen (secondary N) is 1. The number of hydrogen-bond acceptors (Lipinski definition) is 4. The molecule has 1 amide bonds. The van der Waals surface area contributed by atoms with Gasteiger partial charge in [0.2, 0.25) is 5.91 Å². The van der Waals surface area contributed by atoms with Crippen molar-refractivity contribution in [2.45, 2.75) is 25.7 Å². The van der Waals surface area contributed by atoms with Gasteiger partial charge in [0.05, 0.1) is 11.3 Å². The fraction of sp³-hybridized carbons (Fsp3) is 0.263. The van der Waals surface area contributed by atoms with Crippen LogP contribution in [0.15, 0.2) is 41.3 Å². The zero-order valence-corrected chi connectivity index (χ0v) is 16.2. The molecule has 0 saturated carbocycles. The standard InChI is InChI=1S/C19H20F2N2O3S/c1-19(2,3)18(26)23(4)11-5-7-12(8-6-11)27-22-16-10-14(20)13(17(24)25)9-15(16)21/h5-10,22H,1-4H3,(H,24,25). The Hall–Kier alpha value is -2.61. The molecule has 0 bridgehead atoms. The number of carbonyl (C=O) groups is 2. The van der Waals surface area contributed by atoms with Crippen LogP contribution in [0.1, 0.15) is 31.1 Å². The summed E-state index contributed by atoms with van der Waals surface area (Å²) in [5, 5.41) is 8.79. The average Bonchev–Trinajstić information content (AvgIpc) is 2.60. The first kappa shape index (κ1) is 20.7. The second-order valence-electron chi connectivity index (χ2n) is 6.93. The van der Waals surface area contributed by atoms with Gasteiger partial charge in [0.15, 0.2) is 0 Å². The van der Waals surface area contributed by atoms with Crippen molar-refractivity contribution in [2.24, 2.45) is 5.41 Å². The monoisotopic (exact) mass is 394 g/mol. The largest absolute Gasteiger partial charge is 0.478 e. The number of benzene rings is 2. The van der Waals surface area contributed by atoms with Crippen LogP contribution < -0.4 is 9.62 Å². The molecule has 0 aromatic heterocycles. The first-order chi connectivity index (χ1) is 12.5. The number of nitrogens with zero attached hydrogens (tertiary/aromatic N) is 1. The molecule has 0 aliphatic carbocycles. The summed E-state index contributed by atoms with van der Waals surface area (Å²) in [4.78, 5) is 25.4. The molecule has 144 valence electrons. The summed E-state index contributed by atoms with van der Waals surface area (Å²) in [5.74, 6) is -3.45. The van der Waals surface area contributed by atoms with Crippen LogP contribution in [0.3, 0.4) is 0 Å². The van der Waals surface area contributed by atoms with Gasteiger partial charge in [-0.15, -0.1) is 0 Å². The van der Waals surface area contributed by atoms with Crippen LogP contribution in [0.2, 0.25) is 0 Å². The Morgan fingerprint density at radius 2 is 1.67 bits per heavy atom. The third-order valence-corrected chi connectivity index (χ3v) is 4.57. The Morgan fingerprint density at radius 1 is 1.07 bits per heavy atom. The van der Waals surface area contributed by atoms with E-state index in [1.807, 2.05) is 20.8 Å². The molecule has 27 heavy (non-hydrogen) atoms. The number of halogens is 2. The first-order valence-electron chi connectivity index (χ1n) is 8.04. The normalized spacial score (nSPS) is 11.2. The Morgan fingerprint density at radius 3 is 2.19 bits per heavy atom. The Balaban J connectivity index is 2.09. The molecule has 0 heterocycles. The minimum Gasteiger partial charge on any atom is -0.478 e. The summed E-state index contributed by atoms with van der Waals surface area (Å²) in [6.07, 6.45) is 0. The first-order valence-corrected chi connectivity index (χ1v) is 8.86. The molecule has 8 heteroatoms. The van der Waals surface area contributed by atoms with Crippen molar-refractivity contribution in [2.75, 3.05) is 16.7 Å². The molecule has 0 saturated heterocycles. The summed E-state index contributed by atoms with van der Waals surface area (Å²) < 4.78 is 30.3. The average molecular weight is 394 g/mol. The Bertz CT molecular complexity index is 864. The lowest BCUT2D eigenvalue weighted by Crippen LogP contribution is -2.36. The topological polar surface area (TPSA) is 69.6 Å². The van der Waals surface area contributed by atoms with Gasteiger partial charge < -0.3 is 14.7 Å². The number of rotatable bonds is 5. The predicted octanol–water partition coefficient (Wildman–Crippen LogP) is 4.79. The lowest BCUT2D eigenvalue weighted by molar-refractivity contribution is -0.125. The van der Waals surface area contributed by atoms with Gasteiger partial charge in [-0.05, 0) is 42.3 Å². The van der Waals surface area contributed by atoms with Crippen molar-refractivity contribution in [1.82, 2.24) is 0 Å². The fourth-order valence-electron chi connectivity index (χ4n) is 2.26. The number of hydrogen-bond donors (Lipinski definition) is 2. The Kier molecular flexibility index (Phi) is 6.10. The van der Waals surface area contributed by atoms with Crippen molar-refractivity contribution in [3.63, 3.8) is 0 Å². The number of carboxylic acids is 1. The maximum Gasteiger partial charge on any atom is 0.338 e. The van der Waals surface area contributed by atoms with E-state index in [1.54, 1.807) is 36.2 Å². The quantitative estimate of drug-likeness (QED) is 0.714. The molecule has 0 aliphatic heterocycles. The van der Waals surface area contributed by atoms with Gasteiger partial charge in [-0.2, -0.15) is 0 Å². The maximum absolute atomic E-state index is 13.9. The van der Waals surface area contributed by atoms with Crippen molar-refractivity contribution in [3.8, 4) is 0 Å². The third-order valence-electron chi connectivity index (χ3n) is 3.74. The van der Waals surface area contributed by atoms with Gasteiger partial charge in [0.1, 0.15) is 11.6 Å². The highest BCUT2D eigenvalue weighted by molar-refractivity contribution is 8.00. The summed E-state index contributed by atoms with van der Waals surface area (Å²) in [5.41, 5.74) is -0.680. The minimum atomic E-state index is -1.53. The van der Waals surface area contributed by atoms with Crippen molar-refractivity contribution in [1.29, 1.82) is 0 Å². The van der Waals surface area contributed by atoms with E-state index < -0.39 is 28.6 Å². The minimum absolute atomic E-state index is 0.0305. The van der Waals surface area contributed by atoms with Crippen LogP contribution in [0, 0.1) is 17.0 Å². The zero-order valence-electron chi connectivity index (χ0n) is 15.3. The van der Waals surface area contributed by atoms with Crippen LogP contribution in [-0.4, -0.2) is 24.0 Å². The number of carbonyl (C=O) groups excluding carboxylic acids is 1.